The molecule has 0 radical (unpaired) electrons. The Hall–Kier alpha value is -3.28. The molecule has 33 heavy (non-hydrogen) atoms. The van der Waals surface area contributed by atoms with Crippen molar-refractivity contribution in [3.8, 4) is 11.1 Å². The van der Waals surface area contributed by atoms with E-state index in [2.05, 4.69) is 10.3 Å². The van der Waals surface area contributed by atoms with Crippen molar-refractivity contribution in [2.75, 3.05) is 47.5 Å². The molecule has 3 heterocycles. The van der Waals surface area contributed by atoms with Crippen LogP contribution >= 0.6 is 0 Å². The standard InChI is InChI=1S/C21H22F2N4O5S/c1-13(28)24-11-16-12-27(21(29)32-16)15-8-17(22)20(18(23)9-15)14-2-3-19(25-10-14)26-4-6-33(30,31)7-5-26/h2-3,8-10,16H,4-7,11-12H2,1H3,(H,24,28)/t16-/m0/s1. The highest BCUT2D eigenvalue weighted by atomic mass is 32.2. The molecule has 12 heteroatoms. The van der Waals surface area contributed by atoms with Crippen LogP contribution in [0.4, 0.5) is 25.1 Å². The van der Waals surface area contributed by atoms with Gasteiger partial charge in [0.2, 0.25) is 5.91 Å². The highest BCUT2D eigenvalue weighted by molar-refractivity contribution is 7.91. The molecule has 0 saturated carbocycles. The number of cyclic esters (lactones) is 1. The van der Waals surface area contributed by atoms with Gasteiger partial charge in [-0.25, -0.2) is 27.0 Å². The first-order valence-corrected chi connectivity index (χ1v) is 12.1. The van der Waals surface area contributed by atoms with Crippen LogP contribution in [0.3, 0.4) is 0 Å². The van der Waals surface area contributed by atoms with Gasteiger partial charge in [-0.3, -0.25) is 9.69 Å². The Morgan fingerprint density at radius 3 is 2.45 bits per heavy atom. The average Bonchev–Trinajstić information content (AvgIpc) is 3.13. The molecule has 1 N–H and O–H groups in total. The molecular weight excluding hydrogens is 458 g/mol. The van der Waals surface area contributed by atoms with Gasteiger partial charge in [-0.05, 0) is 24.3 Å². The van der Waals surface area contributed by atoms with E-state index in [4.69, 9.17) is 4.74 Å². The van der Waals surface area contributed by atoms with E-state index in [9.17, 15) is 26.8 Å². The lowest BCUT2D eigenvalue weighted by Gasteiger charge is -2.27. The quantitative estimate of drug-likeness (QED) is 0.694. The Bertz CT molecular complexity index is 1150. The van der Waals surface area contributed by atoms with Crippen LogP contribution in [0.2, 0.25) is 0 Å². The summed E-state index contributed by atoms with van der Waals surface area (Å²) in [4.78, 5) is 30.3. The minimum absolute atomic E-state index is 0.00294. The number of hydrogen-bond acceptors (Lipinski definition) is 7. The summed E-state index contributed by atoms with van der Waals surface area (Å²) < 4.78 is 58.1. The van der Waals surface area contributed by atoms with E-state index in [-0.39, 0.29) is 47.3 Å². The zero-order chi connectivity index (χ0) is 23.8. The second-order valence-corrected chi connectivity index (χ2v) is 10.2. The van der Waals surface area contributed by atoms with Crippen molar-refractivity contribution in [3.63, 3.8) is 0 Å². The minimum Gasteiger partial charge on any atom is -0.442 e. The fraction of sp³-hybridized carbons (Fsp3) is 0.381. The van der Waals surface area contributed by atoms with E-state index in [1.165, 1.54) is 19.2 Å². The molecule has 2 aliphatic rings. The smallest absolute Gasteiger partial charge is 0.414 e. The van der Waals surface area contributed by atoms with Crippen LogP contribution in [0.25, 0.3) is 11.1 Å². The number of sulfone groups is 1. The van der Waals surface area contributed by atoms with E-state index in [1.54, 1.807) is 11.0 Å². The summed E-state index contributed by atoms with van der Waals surface area (Å²) in [5.74, 6) is -1.44. The largest absolute Gasteiger partial charge is 0.442 e. The van der Waals surface area contributed by atoms with Gasteiger partial charge in [-0.2, -0.15) is 0 Å². The minimum atomic E-state index is -3.04. The number of amides is 2. The molecule has 0 spiro atoms. The third-order valence-corrected chi connectivity index (χ3v) is 7.11. The van der Waals surface area contributed by atoms with Gasteiger partial charge in [0.25, 0.3) is 0 Å². The number of nitrogens with one attached hydrogen (secondary N) is 1. The number of carbonyl (C=O) groups excluding carboxylic acids is 2. The van der Waals surface area contributed by atoms with Crippen LogP contribution in [0.15, 0.2) is 30.5 Å². The van der Waals surface area contributed by atoms with Crippen LogP contribution in [0.5, 0.6) is 0 Å². The number of nitrogens with zero attached hydrogens (tertiary/aromatic N) is 3. The summed E-state index contributed by atoms with van der Waals surface area (Å²) in [5.41, 5.74) is -0.0815. The van der Waals surface area contributed by atoms with Crippen molar-refractivity contribution < 1.29 is 31.5 Å². The summed E-state index contributed by atoms with van der Waals surface area (Å²) in [6.45, 7) is 2.08. The van der Waals surface area contributed by atoms with Gasteiger partial charge in [-0.1, -0.05) is 0 Å². The Balaban J connectivity index is 1.51. The molecule has 0 aliphatic carbocycles. The molecule has 2 aliphatic heterocycles. The number of anilines is 2. The molecule has 2 aromatic rings. The lowest BCUT2D eigenvalue weighted by Crippen LogP contribution is -2.40. The number of hydrogen-bond donors (Lipinski definition) is 1. The molecule has 1 aromatic carbocycles. The van der Waals surface area contributed by atoms with Crippen LogP contribution in [0.1, 0.15) is 6.92 Å². The number of pyridine rings is 1. The first-order valence-electron chi connectivity index (χ1n) is 10.3. The SMILES string of the molecule is CC(=O)NC[C@H]1CN(c2cc(F)c(-c3ccc(N4CCS(=O)(=O)CC4)nc3)c(F)c2)C(=O)O1. The van der Waals surface area contributed by atoms with Gasteiger partial charge in [-0.15, -0.1) is 0 Å². The Morgan fingerprint density at radius 2 is 1.88 bits per heavy atom. The average molecular weight is 480 g/mol. The van der Waals surface area contributed by atoms with Gasteiger partial charge in [0.1, 0.15) is 23.6 Å². The second kappa shape index (κ2) is 8.93. The van der Waals surface area contributed by atoms with Gasteiger partial charge < -0.3 is 15.0 Å². The van der Waals surface area contributed by atoms with E-state index < -0.39 is 33.7 Å². The number of ether oxygens (including phenoxy) is 1. The number of benzene rings is 1. The van der Waals surface area contributed by atoms with E-state index >= 15 is 0 Å². The Labute approximate surface area is 189 Å². The predicted octanol–water partition coefficient (Wildman–Crippen LogP) is 1.72. The first-order chi connectivity index (χ1) is 15.6. The Kier molecular flexibility index (Phi) is 6.19. The topological polar surface area (TPSA) is 109 Å². The van der Waals surface area contributed by atoms with Crippen molar-refractivity contribution in [2.24, 2.45) is 0 Å². The van der Waals surface area contributed by atoms with Crippen molar-refractivity contribution >= 4 is 33.3 Å². The van der Waals surface area contributed by atoms with Crippen molar-refractivity contribution in [3.05, 3.63) is 42.1 Å². The molecular formula is C21H22F2N4O5S. The van der Waals surface area contributed by atoms with Crippen molar-refractivity contribution in [2.45, 2.75) is 13.0 Å². The van der Waals surface area contributed by atoms with Crippen molar-refractivity contribution in [1.82, 2.24) is 10.3 Å². The first kappa shape index (κ1) is 22.9. The Morgan fingerprint density at radius 1 is 1.21 bits per heavy atom. The maximum Gasteiger partial charge on any atom is 0.414 e. The summed E-state index contributed by atoms with van der Waals surface area (Å²) in [7, 11) is -3.04. The monoisotopic (exact) mass is 480 g/mol. The van der Waals surface area contributed by atoms with E-state index in [1.807, 2.05) is 0 Å². The number of halogens is 2. The van der Waals surface area contributed by atoms with Crippen LogP contribution in [0, 0.1) is 11.6 Å². The van der Waals surface area contributed by atoms with Gasteiger partial charge in [0, 0.05) is 31.8 Å². The van der Waals surface area contributed by atoms with E-state index in [0.717, 1.165) is 17.0 Å². The fourth-order valence-corrected chi connectivity index (χ4v) is 4.95. The van der Waals surface area contributed by atoms with Crippen LogP contribution in [-0.2, 0) is 19.4 Å². The number of carbonyl (C=O) groups is 2. The van der Waals surface area contributed by atoms with Gasteiger partial charge in [0.05, 0.1) is 35.8 Å². The highest BCUT2D eigenvalue weighted by Crippen LogP contribution is 2.32. The lowest BCUT2D eigenvalue weighted by molar-refractivity contribution is -0.119. The molecule has 2 saturated heterocycles. The molecule has 176 valence electrons. The summed E-state index contributed by atoms with van der Waals surface area (Å²) in [6, 6.07) is 5.19. The maximum atomic E-state index is 14.9. The number of aromatic nitrogens is 1. The van der Waals surface area contributed by atoms with Crippen molar-refractivity contribution in [1.29, 1.82) is 0 Å². The molecule has 0 unspecified atom stereocenters. The van der Waals surface area contributed by atoms with Gasteiger partial charge in [0.15, 0.2) is 9.84 Å². The van der Waals surface area contributed by atoms with Crippen LogP contribution < -0.4 is 15.1 Å². The van der Waals surface area contributed by atoms with E-state index in [0.29, 0.717) is 18.9 Å². The lowest BCUT2D eigenvalue weighted by atomic mass is 10.1. The molecule has 1 aromatic heterocycles. The summed E-state index contributed by atoms with van der Waals surface area (Å²) in [5, 5.41) is 2.53. The molecule has 2 fully saturated rings. The molecule has 0 bridgehead atoms. The maximum absolute atomic E-state index is 14.9. The molecule has 1 atom stereocenters. The zero-order valence-corrected chi connectivity index (χ0v) is 18.6. The third kappa shape index (κ3) is 5.05. The molecule has 2 amide bonds. The van der Waals surface area contributed by atoms with Gasteiger partial charge >= 0.3 is 6.09 Å². The zero-order valence-electron chi connectivity index (χ0n) is 17.8. The highest BCUT2D eigenvalue weighted by Gasteiger charge is 2.33. The normalized spacial score (nSPS) is 20.0. The number of rotatable bonds is 5. The fourth-order valence-electron chi connectivity index (χ4n) is 3.75. The summed E-state index contributed by atoms with van der Waals surface area (Å²) >= 11 is 0. The summed E-state index contributed by atoms with van der Waals surface area (Å²) in [6.07, 6.45) is -0.0621. The second-order valence-electron chi connectivity index (χ2n) is 7.88. The third-order valence-electron chi connectivity index (χ3n) is 5.50. The molecule has 9 nitrogen and oxygen atoms in total. The molecule has 4 rings (SSSR count). The van der Waals surface area contributed by atoms with Crippen LogP contribution in [-0.4, -0.2) is 69.2 Å². The predicted molar refractivity (Wildman–Crippen MR) is 117 cm³/mol.